The first kappa shape index (κ1) is 18.0. The molecule has 0 radical (unpaired) electrons. The lowest BCUT2D eigenvalue weighted by molar-refractivity contribution is 0.416. The predicted octanol–water partition coefficient (Wildman–Crippen LogP) is 5.54. The van der Waals surface area contributed by atoms with Crippen LogP contribution in [0.3, 0.4) is 0 Å². The highest BCUT2D eigenvalue weighted by atomic mass is 14.9. The van der Waals surface area contributed by atoms with Gasteiger partial charge in [0.25, 0.3) is 0 Å². The fourth-order valence-electron chi connectivity index (χ4n) is 2.49. The molecule has 0 aromatic carbocycles. The minimum absolute atomic E-state index is 0.757. The van der Waals surface area contributed by atoms with Crippen LogP contribution in [0.15, 0.2) is 0 Å². The van der Waals surface area contributed by atoms with E-state index in [0.29, 0.717) is 0 Å². The summed E-state index contributed by atoms with van der Waals surface area (Å²) in [5.41, 5.74) is 0. The second-order valence-corrected chi connectivity index (χ2v) is 6.22. The Balaban J connectivity index is 3.28. The van der Waals surface area contributed by atoms with Crippen LogP contribution in [-0.4, -0.2) is 13.1 Å². The highest BCUT2D eigenvalue weighted by Gasteiger charge is 2.06. The summed E-state index contributed by atoms with van der Waals surface area (Å²) in [7, 11) is 2.12. The zero-order valence-electron chi connectivity index (χ0n) is 13.4. The average molecular weight is 255 g/mol. The first-order chi connectivity index (χ1) is 8.70. The zero-order valence-corrected chi connectivity index (χ0v) is 13.4. The lowest BCUT2D eigenvalue weighted by Crippen LogP contribution is -2.25. The molecule has 0 bridgehead atoms. The molecule has 1 heteroatoms. The van der Waals surface area contributed by atoms with E-state index in [4.69, 9.17) is 0 Å². The molecule has 1 N–H and O–H groups in total. The van der Waals surface area contributed by atoms with Gasteiger partial charge in [-0.05, 0) is 32.2 Å². The number of hydrogen-bond acceptors (Lipinski definition) is 1. The van der Waals surface area contributed by atoms with E-state index in [0.717, 1.165) is 12.0 Å². The maximum absolute atomic E-state index is 3.48. The van der Waals surface area contributed by atoms with E-state index in [1.54, 1.807) is 0 Å². The van der Waals surface area contributed by atoms with Crippen molar-refractivity contribution in [3.8, 4) is 0 Å². The van der Waals surface area contributed by atoms with Crippen LogP contribution in [0.2, 0.25) is 0 Å². The van der Waals surface area contributed by atoms with Crippen LogP contribution in [0.1, 0.15) is 91.4 Å². The monoisotopic (exact) mass is 255 g/mol. The summed E-state index contributed by atoms with van der Waals surface area (Å²) >= 11 is 0. The molecule has 0 aromatic rings. The summed E-state index contributed by atoms with van der Waals surface area (Å²) in [6.45, 7) is 6.93. The molecule has 0 fully saturated rings. The molecule has 0 rings (SSSR count). The van der Waals surface area contributed by atoms with E-state index in [9.17, 15) is 0 Å². The maximum Gasteiger partial charge on any atom is 0.00641 e. The van der Waals surface area contributed by atoms with Gasteiger partial charge in [0, 0.05) is 6.04 Å². The highest BCUT2D eigenvalue weighted by Crippen LogP contribution is 2.14. The standard InChI is InChI=1S/C17H37N/c1-5-6-7-8-9-10-11-12-13-17(18-4)15-14-16(2)3/h16-18H,5-15H2,1-4H3. The van der Waals surface area contributed by atoms with E-state index >= 15 is 0 Å². The SMILES string of the molecule is CCCCCCCCCCC(CCC(C)C)NC. The molecular formula is C17H37N. The molecule has 0 aromatic heterocycles. The molecule has 0 aliphatic rings. The van der Waals surface area contributed by atoms with Crippen LogP contribution in [0.5, 0.6) is 0 Å². The minimum atomic E-state index is 0.757. The summed E-state index contributed by atoms with van der Waals surface area (Å²) in [6.07, 6.45) is 15.5. The summed E-state index contributed by atoms with van der Waals surface area (Å²) in [5.74, 6) is 0.847. The fourth-order valence-corrected chi connectivity index (χ4v) is 2.49. The van der Waals surface area contributed by atoms with E-state index in [2.05, 4.69) is 33.1 Å². The van der Waals surface area contributed by atoms with E-state index in [-0.39, 0.29) is 0 Å². The van der Waals surface area contributed by atoms with Crippen molar-refractivity contribution in [2.75, 3.05) is 7.05 Å². The largest absolute Gasteiger partial charge is 0.317 e. The molecule has 1 nitrogen and oxygen atoms in total. The number of unbranched alkanes of at least 4 members (excludes halogenated alkanes) is 7. The summed E-state index contributed by atoms with van der Waals surface area (Å²) in [4.78, 5) is 0. The Labute approximate surface area is 116 Å². The zero-order chi connectivity index (χ0) is 13.6. The van der Waals surface area contributed by atoms with Crippen molar-refractivity contribution in [2.24, 2.45) is 5.92 Å². The van der Waals surface area contributed by atoms with Gasteiger partial charge < -0.3 is 5.32 Å². The number of nitrogens with one attached hydrogen (secondary N) is 1. The molecule has 0 heterocycles. The summed E-state index contributed by atoms with van der Waals surface area (Å²) < 4.78 is 0. The maximum atomic E-state index is 3.48. The molecule has 1 atom stereocenters. The van der Waals surface area contributed by atoms with Gasteiger partial charge in [-0.3, -0.25) is 0 Å². The molecule has 0 saturated heterocycles. The van der Waals surface area contributed by atoms with Gasteiger partial charge in [-0.2, -0.15) is 0 Å². The Morgan fingerprint density at radius 1 is 0.722 bits per heavy atom. The van der Waals surface area contributed by atoms with Gasteiger partial charge in [-0.15, -0.1) is 0 Å². The van der Waals surface area contributed by atoms with Crippen LogP contribution < -0.4 is 5.32 Å². The quantitative estimate of drug-likeness (QED) is 0.426. The molecule has 18 heavy (non-hydrogen) atoms. The first-order valence-electron chi connectivity index (χ1n) is 8.38. The fraction of sp³-hybridized carbons (Fsp3) is 1.00. The van der Waals surface area contributed by atoms with Crippen LogP contribution in [-0.2, 0) is 0 Å². The molecule has 110 valence electrons. The molecule has 0 saturated carbocycles. The molecule has 1 unspecified atom stereocenters. The predicted molar refractivity (Wildman–Crippen MR) is 84.1 cm³/mol. The van der Waals surface area contributed by atoms with E-state index < -0.39 is 0 Å². The van der Waals surface area contributed by atoms with Gasteiger partial charge >= 0.3 is 0 Å². The average Bonchev–Trinajstić information content (AvgIpc) is 2.36. The normalized spacial score (nSPS) is 13.2. The van der Waals surface area contributed by atoms with Crippen LogP contribution in [0, 0.1) is 5.92 Å². The third-order valence-corrected chi connectivity index (χ3v) is 3.91. The Morgan fingerprint density at radius 3 is 1.78 bits per heavy atom. The van der Waals surface area contributed by atoms with E-state index in [1.165, 1.54) is 70.6 Å². The Hall–Kier alpha value is -0.0400. The number of hydrogen-bond donors (Lipinski definition) is 1. The third kappa shape index (κ3) is 12.4. The second-order valence-electron chi connectivity index (χ2n) is 6.22. The topological polar surface area (TPSA) is 12.0 Å². The van der Waals surface area contributed by atoms with E-state index in [1.807, 2.05) is 0 Å². The van der Waals surface area contributed by atoms with Gasteiger partial charge in [0.05, 0.1) is 0 Å². The van der Waals surface area contributed by atoms with Gasteiger partial charge in [0.2, 0.25) is 0 Å². The van der Waals surface area contributed by atoms with Crippen LogP contribution in [0.4, 0.5) is 0 Å². The molecule has 0 spiro atoms. The number of rotatable bonds is 13. The van der Waals surface area contributed by atoms with Crippen molar-refractivity contribution in [2.45, 2.75) is 97.4 Å². The van der Waals surface area contributed by atoms with Gasteiger partial charge in [0.1, 0.15) is 0 Å². The van der Waals surface area contributed by atoms with Gasteiger partial charge in [-0.1, -0.05) is 72.1 Å². The van der Waals surface area contributed by atoms with Crippen molar-refractivity contribution < 1.29 is 0 Å². The Bertz CT molecular complexity index is 154. The summed E-state index contributed by atoms with van der Waals surface area (Å²) in [5, 5.41) is 3.48. The summed E-state index contributed by atoms with van der Waals surface area (Å²) in [6, 6.07) is 0.757. The van der Waals surface area contributed by atoms with Crippen LogP contribution in [0.25, 0.3) is 0 Å². The molecule has 0 aliphatic carbocycles. The van der Waals surface area contributed by atoms with Crippen molar-refractivity contribution >= 4 is 0 Å². The van der Waals surface area contributed by atoms with Crippen molar-refractivity contribution in [3.05, 3.63) is 0 Å². The smallest absolute Gasteiger partial charge is 0.00641 e. The highest BCUT2D eigenvalue weighted by molar-refractivity contribution is 4.65. The Kier molecular flexibility index (Phi) is 13.4. The van der Waals surface area contributed by atoms with Gasteiger partial charge in [-0.25, -0.2) is 0 Å². The van der Waals surface area contributed by atoms with Crippen LogP contribution >= 0.6 is 0 Å². The van der Waals surface area contributed by atoms with Crippen molar-refractivity contribution in [1.29, 1.82) is 0 Å². The molecule has 0 amide bonds. The molecule has 0 aliphatic heterocycles. The van der Waals surface area contributed by atoms with Gasteiger partial charge in [0.15, 0.2) is 0 Å². The lowest BCUT2D eigenvalue weighted by Gasteiger charge is -2.17. The molecular weight excluding hydrogens is 218 g/mol. The Morgan fingerprint density at radius 2 is 1.28 bits per heavy atom. The minimum Gasteiger partial charge on any atom is -0.317 e. The lowest BCUT2D eigenvalue weighted by atomic mass is 9.98. The first-order valence-corrected chi connectivity index (χ1v) is 8.38. The van der Waals surface area contributed by atoms with Crippen molar-refractivity contribution in [3.63, 3.8) is 0 Å². The van der Waals surface area contributed by atoms with Crippen molar-refractivity contribution in [1.82, 2.24) is 5.32 Å². The second kappa shape index (κ2) is 13.4. The third-order valence-electron chi connectivity index (χ3n) is 3.91.